The fourth-order valence-corrected chi connectivity index (χ4v) is 9.04. The molecule has 0 spiro atoms. The lowest BCUT2D eigenvalue weighted by atomic mass is 10.00. The summed E-state index contributed by atoms with van der Waals surface area (Å²) in [6.07, 6.45) is 0. The molecule has 12 rings (SSSR count). The first-order valence-electron chi connectivity index (χ1n) is 19.5. The van der Waals surface area contributed by atoms with Crippen LogP contribution in [-0.4, -0.2) is 4.57 Å². The Morgan fingerprint density at radius 2 is 0.982 bits per heavy atom. The van der Waals surface area contributed by atoms with Crippen molar-refractivity contribution in [1.29, 1.82) is 0 Å². The van der Waals surface area contributed by atoms with Gasteiger partial charge in [-0.25, -0.2) is 0 Å². The van der Waals surface area contributed by atoms with E-state index in [-0.39, 0.29) is 0 Å². The molecule has 10 aromatic carbocycles. The molecule has 3 heteroatoms. The number of anilines is 3. The molecule has 0 unspecified atom stereocenters. The fourth-order valence-electron chi connectivity index (χ4n) is 9.04. The quantitative estimate of drug-likeness (QED) is 0.176. The van der Waals surface area contributed by atoms with Crippen molar-refractivity contribution in [2.75, 3.05) is 4.90 Å². The van der Waals surface area contributed by atoms with Crippen LogP contribution in [-0.2, 0) is 0 Å². The maximum Gasteiger partial charge on any atom is 0.137 e. The Balaban J connectivity index is 1.09. The van der Waals surface area contributed by atoms with Gasteiger partial charge in [-0.2, -0.15) is 0 Å². The van der Waals surface area contributed by atoms with E-state index in [1.165, 1.54) is 59.9 Å². The van der Waals surface area contributed by atoms with Crippen LogP contribution in [0.3, 0.4) is 0 Å². The highest BCUT2D eigenvalue weighted by atomic mass is 16.3. The maximum absolute atomic E-state index is 6.48. The summed E-state index contributed by atoms with van der Waals surface area (Å²) in [6, 6.07) is 74.7. The van der Waals surface area contributed by atoms with Gasteiger partial charge in [0.25, 0.3) is 0 Å². The van der Waals surface area contributed by atoms with E-state index in [2.05, 4.69) is 204 Å². The molecular formula is C54H34N2O. The predicted octanol–water partition coefficient (Wildman–Crippen LogP) is 15.3. The molecule has 57 heavy (non-hydrogen) atoms. The maximum atomic E-state index is 6.48. The van der Waals surface area contributed by atoms with Crippen molar-refractivity contribution in [1.82, 2.24) is 4.57 Å². The van der Waals surface area contributed by atoms with E-state index in [0.29, 0.717) is 0 Å². The van der Waals surface area contributed by atoms with E-state index < -0.39 is 0 Å². The number of para-hydroxylation sites is 2. The summed E-state index contributed by atoms with van der Waals surface area (Å²) in [4.78, 5) is 2.39. The largest absolute Gasteiger partial charge is 0.456 e. The number of furan rings is 1. The molecule has 0 fully saturated rings. The Hall–Kier alpha value is -7.62. The molecule has 0 radical (unpaired) electrons. The number of benzene rings is 10. The van der Waals surface area contributed by atoms with Crippen molar-refractivity contribution >= 4 is 93.1 Å². The van der Waals surface area contributed by atoms with Crippen LogP contribution in [0.4, 0.5) is 17.1 Å². The molecule has 0 bridgehead atoms. The van der Waals surface area contributed by atoms with Crippen molar-refractivity contribution in [2.45, 2.75) is 0 Å². The second-order valence-corrected chi connectivity index (χ2v) is 14.9. The summed E-state index contributed by atoms with van der Waals surface area (Å²) in [7, 11) is 0. The second kappa shape index (κ2) is 12.5. The highest BCUT2D eigenvalue weighted by molar-refractivity contribution is 6.15. The predicted molar refractivity (Wildman–Crippen MR) is 241 cm³/mol. The van der Waals surface area contributed by atoms with Crippen LogP contribution in [0.5, 0.6) is 0 Å². The zero-order valence-corrected chi connectivity index (χ0v) is 30.9. The summed E-state index contributed by atoms with van der Waals surface area (Å²) < 4.78 is 8.93. The SMILES string of the molecule is c1ccc(-c2ccc3cc(N(c4ccc5c(c4)oc4ccccc45)c4cccc5c(-n6c7ccccc7c7cc8ccccc8cc76)cccc45)ccc3c2)cc1. The number of rotatable bonds is 5. The fraction of sp³-hybridized carbons (Fsp3) is 0. The Bertz CT molecular complexity index is 3540. The first-order chi connectivity index (χ1) is 28.2. The van der Waals surface area contributed by atoms with Gasteiger partial charge < -0.3 is 13.9 Å². The van der Waals surface area contributed by atoms with Crippen molar-refractivity contribution in [3.8, 4) is 16.8 Å². The molecule has 3 nitrogen and oxygen atoms in total. The Labute approximate surface area is 328 Å². The van der Waals surface area contributed by atoms with Gasteiger partial charge in [0, 0.05) is 49.8 Å². The monoisotopic (exact) mass is 726 g/mol. The minimum Gasteiger partial charge on any atom is -0.456 e. The summed E-state index contributed by atoms with van der Waals surface area (Å²) in [5.74, 6) is 0. The molecule has 0 aliphatic carbocycles. The first kappa shape index (κ1) is 31.7. The van der Waals surface area contributed by atoms with E-state index in [0.717, 1.165) is 50.1 Å². The van der Waals surface area contributed by atoms with Gasteiger partial charge in [-0.1, -0.05) is 133 Å². The van der Waals surface area contributed by atoms with E-state index >= 15 is 0 Å². The van der Waals surface area contributed by atoms with Crippen LogP contribution in [0.1, 0.15) is 0 Å². The van der Waals surface area contributed by atoms with Crippen LogP contribution >= 0.6 is 0 Å². The van der Waals surface area contributed by atoms with E-state index in [1.54, 1.807) is 0 Å². The first-order valence-corrected chi connectivity index (χ1v) is 19.5. The van der Waals surface area contributed by atoms with Gasteiger partial charge in [-0.3, -0.25) is 0 Å². The number of aromatic nitrogens is 1. The number of hydrogen-bond donors (Lipinski definition) is 0. The van der Waals surface area contributed by atoms with Gasteiger partial charge >= 0.3 is 0 Å². The Morgan fingerprint density at radius 3 is 1.89 bits per heavy atom. The number of hydrogen-bond acceptors (Lipinski definition) is 2. The molecule has 2 heterocycles. The smallest absolute Gasteiger partial charge is 0.137 e. The van der Waals surface area contributed by atoms with Gasteiger partial charge in [-0.15, -0.1) is 0 Å². The van der Waals surface area contributed by atoms with E-state index in [1.807, 2.05) is 12.1 Å². The van der Waals surface area contributed by atoms with Crippen molar-refractivity contribution in [3.05, 3.63) is 206 Å². The van der Waals surface area contributed by atoms with Crippen molar-refractivity contribution < 1.29 is 4.42 Å². The third-order valence-electron chi connectivity index (χ3n) is 11.7. The minimum atomic E-state index is 0.866. The second-order valence-electron chi connectivity index (χ2n) is 14.9. The zero-order chi connectivity index (χ0) is 37.5. The lowest BCUT2D eigenvalue weighted by molar-refractivity contribution is 0.669. The van der Waals surface area contributed by atoms with Crippen LogP contribution < -0.4 is 4.90 Å². The highest BCUT2D eigenvalue weighted by Gasteiger charge is 2.21. The lowest BCUT2D eigenvalue weighted by Gasteiger charge is -2.27. The topological polar surface area (TPSA) is 21.3 Å². The van der Waals surface area contributed by atoms with Gasteiger partial charge in [-0.05, 0) is 99.4 Å². The van der Waals surface area contributed by atoms with Gasteiger partial charge in [0.05, 0.1) is 22.4 Å². The minimum absolute atomic E-state index is 0.866. The summed E-state index contributed by atoms with van der Waals surface area (Å²) in [5, 5.41) is 11.9. The molecule has 0 aliphatic heterocycles. The summed E-state index contributed by atoms with van der Waals surface area (Å²) >= 11 is 0. The van der Waals surface area contributed by atoms with Crippen molar-refractivity contribution in [3.63, 3.8) is 0 Å². The summed E-state index contributed by atoms with van der Waals surface area (Å²) in [6.45, 7) is 0. The van der Waals surface area contributed by atoms with Gasteiger partial charge in [0.15, 0.2) is 0 Å². The van der Waals surface area contributed by atoms with Gasteiger partial charge in [0.1, 0.15) is 11.2 Å². The summed E-state index contributed by atoms with van der Waals surface area (Å²) in [5.41, 5.74) is 10.9. The third-order valence-corrected chi connectivity index (χ3v) is 11.7. The number of nitrogens with zero attached hydrogens (tertiary/aromatic N) is 2. The zero-order valence-electron chi connectivity index (χ0n) is 30.9. The Morgan fingerprint density at radius 1 is 0.333 bits per heavy atom. The van der Waals surface area contributed by atoms with Gasteiger partial charge in [0.2, 0.25) is 0 Å². The molecule has 0 saturated carbocycles. The van der Waals surface area contributed by atoms with E-state index in [9.17, 15) is 0 Å². The Kier molecular flexibility index (Phi) is 6.93. The normalized spacial score (nSPS) is 11.9. The molecule has 0 saturated heterocycles. The molecule has 0 atom stereocenters. The average Bonchev–Trinajstić information content (AvgIpc) is 3.80. The molecule has 2 aromatic heterocycles. The molecular weight excluding hydrogens is 693 g/mol. The van der Waals surface area contributed by atoms with Crippen molar-refractivity contribution in [2.24, 2.45) is 0 Å². The average molecular weight is 727 g/mol. The molecule has 0 N–H and O–H groups in total. The van der Waals surface area contributed by atoms with Crippen LogP contribution in [0.15, 0.2) is 211 Å². The van der Waals surface area contributed by atoms with Crippen LogP contribution in [0.25, 0.3) is 92.9 Å². The number of fused-ring (bicyclic) bond motifs is 9. The van der Waals surface area contributed by atoms with Crippen LogP contribution in [0.2, 0.25) is 0 Å². The lowest BCUT2D eigenvalue weighted by Crippen LogP contribution is -2.10. The van der Waals surface area contributed by atoms with Crippen LogP contribution in [0, 0.1) is 0 Å². The standard InChI is InChI=1S/C54H34N2O/c1-2-12-35(13-3-1)38-24-25-40-31-41(27-26-39(40)30-38)55(42-28-29-47-46-17-7-9-23-53(46)57-54(47)34-42)49-21-10-19-44-43(49)18-11-22-51(44)56-50-20-8-6-16-45(50)48-32-36-14-4-5-15-37(36)33-52(48)56/h1-34H. The molecule has 0 amide bonds. The molecule has 266 valence electrons. The molecule has 0 aliphatic rings. The molecule has 12 aromatic rings. The highest BCUT2D eigenvalue weighted by Crippen LogP contribution is 2.44. The third kappa shape index (κ3) is 4.99. The van der Waals surface area contributed by atoms with E-state index in [4.69, 9.17) is 4.42 Å².